The van der Waals surface area contributed by atoms with E-state index < -0.39 is 12.1 Å². The summed E-state index contributed by atoms with van der Waals surface area (Å²) in [5.74, 6) is -1.97. The monoisotopic (exact) mass is 475 g/mol. The lowest BCUT2D eigenvalue weighted by atomic mass is 9.93. The van der Waals surface area contributed by atoms with Crippen molar-refractivity contribution in [3.63, 3.8) is 0 Å². The van der Waals surface area contributed by atoms with E-state index in [1.165, 1.54) is 4.88 Å². The highest BCUT2D eigenvalue weighted by Gasteiger charge is 2.43. The third kappa shape index (κ3) is 5.84. The first kappa shape index (κ1) is 24.1. The van der Waals surface area contributed by atoms with Crippen molar-refractivity contribution in [3.05, 3.63) is 34.0 Å². The average Bonchev–Trinajstić information content (AvgIpc) is 3.47. The fourth-order valence-electron chi connectivity index (χ4n) is 3.81. The van der Waals surface area contributed by atoms with Gasteiger partial charge in [-0.3, -0.25) is 14.4 Å². The van der Waals surface area contributed by atoms with E-state index in [9.17, 15) is 18.0 Å². The standard InChI is InChI=1S/C17H23N5O2S.C2HF3O2/c1-11-16(25-10-19-11)8-22-6-13-12(9-24-15(13)7-22)5-18-17(23)14-3-4-20-21(14)2;3-2(4,5)1(6)7/h3-4,10,12-13,15H,5-9H2,1-2H3,(H,18,23);(H,6,7)/t12-,13+,15+;/m0./s1. The Morgan fingerprint density at radius 2 is 2.09 bits per heavy atom. The Labute approximate surface area is 186 Å². The zero-order valence-electron chi connectivity index (χ0n) is 17.5. The van der Waals surface area contributed by atoms with Crippen molar-refractivity contribution in [2.75, 3.05) is 26.2 Å². The number of carboxylic acids is 1. The number of thiazole rings is 1. The average molecular weight is 475 g/mol. The normalized spacial score (nSPS) is 22.8. The van der Waals surface area contributed by atoms with Crippen molar-refractivity contribution in [1.29, 1.82) is 0 Å². The van der Waals surface area contributed by atoms with Crippen LogP contribution < -0.4 is 5.32 Å². The maximum Gasteiger partial charge on any atom is 0.490 e. The summed E-state index contributed by atoms with van der Waals surface area (Å²) in [6.07, 6.45) is -3.16. The highest BCUT2D eigenvalue weighted by Crippen LogP contribution is 2.34. The minimum absolute atomic E-state index is 0.0708. The molecule has 3 atom stereocenters. The summed E-state index contributed by atoms with van der Waals surface area (Å²) in [6, 6.07) is 1.73. The van der Waals surface area contributed by atoms with Gasteiger partial charge in [-0.05, 0) is 13.0 Å². The maximum atomic E-state index is 12.3. The largest absolute Gasteiger partial charge is 0.490 e. The highest BCUT2D eigenvalue weighted by atomic mass is 32.1. The zero-order chi connectivity index (χ0) is 23.5. The molecule has 0 aliphatic carbocycles. The van der Waals surface area contributed by atoms with Crippen LogP contribution >= 0.6 is 11.3 Å². The van der Waals surface area contributed by atoms with Gasteiger partial charge in [0, 0.05) is 56.1 Å². The highest BCUT2D eigenvalue weighted by molar-refractivity contribution is 7.09. The van der Waals surface area contributed by atoms with Crippen molar-refractivity contribution in [1.82, 2.24) is 25.0 Å². The number of ether oxygens (including phenoxy) is 1. The number of carbonyl (C=O) groups is 2. The van der Waals surface area contributed by atoms with Crippen molar-refractivity contribution in [2.45, 2.75) is 25.7 Å². The molecule has 4 heterocycles. The van der Waals surface area contributed by atoms with Gasteiger partial charge >= 0.3 is 12.1 Å². The first-order valence-electron chi connectivity index (χ1n) is 9.85. The Bertz CT molecular complexity index is 948. The number of hydrogen-bond donors (Lipinski definition) is 2. The summed E-state index contributed by atoms with van der Waals surface area (Å²) >= 11 is 1.72. The van der Waals surface area contributed by atoms with Crippen molar-refractivity contribution >= 4 is 23.2 Å². The number of nitrogens with one attached hydrogen (secondary N) is 1. The molecule has 2 aliphatic heterocycles. The number of fused-ring (bicyclic) bond motifs is 1. The molecule has 0 bridgehead atoms. The number of likely N-dealkylation sites (tertiary alicyclic amines) is 1. The summed E-state index contributed by atoms with van der Waals surface area (Å²) < 4.78 is 39.3. The molecule has 2 fully saturated rings. The fourth-order valence-corrected chi connectivity index (χ4v) is 4.63. The summed E-state index contributed by atoms with van der Waals surface area (Å²) in [5, 5.41) is 14.2. The number of hydrogen-bond acceptors (Lipinski definition) is 7. The van der Waals surface area contributed by atoms with Crippen LogP contribution in [0.15, 0.2) is 17.8 Å². The van der Waals surface area contributed by atoms with Gasteiger partial charge in [0.2, 0.25) is 0 Å². The van der Waals surface area contributed by atoms with Gasteiger partial charge in [0.05, 0.1) is 23.9 Å². The molecule has 4 rings (SSSR count). The smallest absolute Gasteiger partial charge is 0.475 e. The minimum atomic E-state index is -5.08. The Hall–Kier alpha value is -2.51. The van der Waals surface area contributed by atoms with Crippen LogP contribution in [0.1, 0.15) is 21.1 Å². The van der Waals surface area contributed by atoms with E-state index in [0.29, 0.717) is 24.1 Å². The van der Waals surface area contributed by atoms with Crippen molar-refractivity contribution in [2.24, 2.45) is 18.9 Å². The number of alkyl halides is 3. The lowest BCUT2D eigenvalue weighted by Gasteiger charge is -2.19. The van der Waals surface area contributed by atoms with Gasteiger partial charge < -0.3 is 15.2 Å². The lowest BCUT2D eigenvalue weighted by molar-refractivity contribution is -0.192. The topological polar surface area (TPSA) is 110 Å². The van der Waals surface area contributed by atoms with Gasteiger partial charge in [-0.15, -0.1) is 11.3 Å². The predicted octanol–water partition coefficient (Wildman–Crippen LogP) is 1.70. The Kier molecular flexibility index (Phi) is 7.51. The number of aryl methyl sites for hydroxylation is 2. The van der Waals surface area contributed by atoms with E-state index in [-0.39, 0.29) is 12.0 Å². The Morgan fingerprint density at radius 1 is 1.38 bits per heavy atom. The summed E-state index contributed by atoms with van der Waals surface area (Å²) in [5.41, 5.74) is 3.63. The molecule has 176 valence electrons. The molecule has 2 aromatic rings. The molecule has 2 saturated heterocycles. The van der Waals surface area contributed by atoms with Crippen LogP contribution in [0.3, 0.4) is 0 Å². The number of aromatic nitrogens is 3. The molecule has 1 amide bonds. The van der Waals surface area contributed by atoms with Gasteiger partial charge in [0.1, 0.15) is 5.69 Å². The van der Waals surface area contributed by atoms with E-state index in [2.05, 4.69) is 27.2 Å². The summed E-state index contributed by atoms with van der Waals surface area (Å²) in [6.45, 7) is 6.38. The van der Waals surface area contributed by atoms with Crippen LogP contribution in [-0.4, -0.2) is 75.2 Å². The zero-order valence-corrected chi connectivity index (χ0v) is 18.3. The molecular formula is C19H24F3N5O4S. The fraction of sp³-hybridized carbons (Fsp3) is 0.579. The van der Waals surface area contributed by atoms with Crippen LogP contribution in [0.4, 0.5) is 13.2 Å². The van der Waals surface area contributed by atoms with E-state index in [4.69, 9.17) is 14.6 Å². The third-order valence-electron chi connectivity index (χ3n) is 5.55. The quantitative estimate of drug-likeness (QED) is 0.677. The van der Waals surface area contributed by atoms with E-state index in [1.807, 2.05) is 5.51 Å². The second-order valence-corrected chi connectivity index (χ2v) is 8.64. The summed E-state index contributed by atoms with van der Waals surface area (Å²) in [7, 11) is 1.78. The molecule has 0 radical (unpaired) electrons. The van der Waals surface area contributed by atoms with Crippen LogP contribution in [0, 0.1) is 18.8 Å². The second kappa shape index (κ2) is 9.96. The molecule has 0 aromatic carbocycles. The molecule has 0 unspecified atom stereocenters. The molecule has 32 heavy (non-hydrogen) atoms. The van der Waals surface area contributed by atoms with Gasteiger partial charge in [0.15, 0.2) is 0 Å². The molecule has 9 nitrogen and oxygen atoms in total. The lowest BCUT2D eigenvalue weighted by Crippen LogP contribution is -2.35. The number of rotatable bonds is 5. The van der Waals surface area contributed by atoms with Crippen LogP contribution in [0.2, 0.25) is 0 Å². The number of carbonyl (C=O) groups excluding carboxylic acids is 1. The Morgan fingerprint density at radius 3 is 2.66 bits per heavy atom. The van der Waals surface area contributed by atoms with Crippen molar-refractivity contribution < 1.29 is 32.6 Å². The van der Waals surface area contributed by atoms with E-state index in [0.717, 1.165) is 31.9 Å². The first-order chi connectivity index (χ1) is 15.1. The molecule has 13 heteroatoms. The third-order valence-corrected chi connectivity index (χ3v) is 6.47. The minimum Gasteiger partial charge on any atom is -0.475 e. The number of aliphatic carboxylic acids is 1. The number of nitrogens with zero attached hydrogens (tertiary/aromatic N) is 4. The summed E-state index contributed by atoms with van der Waals surface area (Å²) in [4.78, 5) is 29.3. The van der Waals surface area contributed by atoms with Gasteiger partial charge in [0.25, 0.3) is 5.91 Å². The molecule has 2 aliphatic rings. The first-order valence-corrected chi connectivity index (χ1v) is 10.7. The van der Waals surface area contributed by atoms with E-state index in [1.54, 1.807) is 35.3 Å². The second-order valence-electron chi connectivity index (χ2n) is 7.70. The number of carboxylic acid groups (broad SMARTS) is 1. The molecule has 2 aromatic heterocycles. The van der Waals surface area contributed by atoms with Gasteiger partial charge in [-0.25, -0.2) is 9.78 Å². The van der Waals surface area contributed by atoms with Crippen molar-refractivity contribution in [3.8, 4) is 0 Å². The van der Waals surface area contributed by atoms with Crippen LogP contribution in [0.25, 0.3) is 0 Å². The Balaban J connectivity index is 0.000000360. The van der Waals surface area contributed by atoms with Crippen LogP contribution in [-0.2, 0) is 23.1 Å². The number of amides is 1. The SMILES string of the molecule is Cc1ncsc1CN1C[C@@H]2[C@@H](CNC(=O)c3ccnn3C)CO[C@@H]2C1.O=C(O)C(F)(F)F. The molecule has 2 N–H and O–H groups in total. The molecular weight excluding hydrogens is 451 g/mol. The van der Waals surface area contributed by atoms with Gasteiger partial charge in [-0.1, -0.05) is 0 Å². The molecule has 0 spiro atoms. The van der Waals surface area contributed by atoms with Gasteiger partial charge in [-0.2, -0.15) is 18.3 Å². The van der Waals surface area contributed by atoms with E-state index >= 15 is 0 Å². The number of halogens is 3. The predicted molar refractivity (Wildman–Crippen MR) is 108 cm³/mol. The van der Waals surface area contributed by atoms with Crippen LogP contribution in [0.5, 0.6) is 0 Å². The maximum absolute atomic E-state index is 12.3. The molecule has 0 saturated carbocycles.